The Balaban J connectivity index is 1.88. The molecule has 8 heteroatoms. The van der Waals surface area contributed by atoms with Crippen LogP contribution in [-0.2, 0) is 19.2 Å². The van der Waals surface area contributed by atoms with E-state index in [-0.39, 0.29) is 18.9 Å². The fraction of sp³-hybridized carbons (Fsp3) is 0.692. The zero-order chi connectivity index (χ0) is 15.6. The van der Waals surface area contributed by atoms with Gasteiger partial charge in [0, 0.05) is 19.5 Å². The molecule has 1 aliphatic carbocycles. The fourth-order valence-electron chi connectivity index (χ4n) is 2.40. The molecule has 0 aromatic rings. The van der Waals surface area contributed by atoms with E-state index in [2.05, 4.69) is 5.32 Å². The van der Waals surface area contributed by atoms with Gasteiger partial charge < -0.3 is 20.4 Å². The van der Waals surface area contributed by atoms with E-state index in [1.807, 2.05) is 0 Å². The molecule has 21 heavy (non-hydrogen) atoms. The standard InChI is InChI=1S/C13H18N2O6/c16-10-3-8(6-15(10)5-7-1-2-7)12(19)14-9(13(20)21)4-11(17)18/h7-9H,1-6H2,(H,14,19)(H,17,18)(H,20,21)/t8?,9-/m0/s1. The van der Waals surface area contributed by atoms with Crippen molar-refractivity contribution in [2.75, 3.05) is 13.1 Å². The van der Waals surface area contributed by atoms with Crippen molar-refractivity contribution in [1.82, 2.24) is 10.2 Å². The number of amides is 2. The molecule has 1 saturated heterocycles. The number of nitrogens with one attached hydrogen (secondary N) is 1. The third-order valence-electron chi connectivity index (χ3n) is 3.75. The molecule has 0 radical (unpaired) electrons. The highest BCUT2D eigenvalue weighted by Crippen LogP contribution is 2.32. The van der Waals surface area contributed by atoms with Gasteiger partial charge in [-0.15, -0.1) is 0 Å². The minimum atomic E-state index is -1.47. The number of carbonyl (C=O) groups is 4. The molecule has 0 aromatic heterocycles. The van der Waals surface area contributed by atoms with Crippen LogP contribution in [0.25, 0.3) is 0 Å². The largest absolute Gasteiger partial charge is 0.481 e. The first-order chi connectivity index (χ1) is 9.86. The molecule has 1 unspecified atom stereocenters. The molecule has 2 amide bonds. The van der Waals surface area contributed by atoms with Gasteiger partial charge in [0.25, 0.3) is 0 Å². The van der Waals surface area contributed by atoms with E-state index < -0.39 is 36.2 Å². The van der Waals surface area contributed by atoms with Crippen LogP contribution < -0.4 is 5.32 Å². The van der Waals surface area contributed by atoms with Crippen LogP contribution in [0.5, 0.6) is 0 Å². The van der Waals surface area contributed by atoms with Gasteiger partial charge in [-0.1, -0.05) is 0 Å². The molecular weight excluding hydrogens is 280 g/mol. The number of likely N-dealkylation sites (tertiary alicyclic amines) is 1. The van der Waals surface area contributed by atoms with Gasteiger partial charge in [0.1, 0.15) is 6.04 Å². The molecule has 0 bridgehead atoms. The summed E-state index contributed by atoms with van der Waals surface area (Å²) in [5.41, 5.74) is 0. The number of carboxylic acid groups (broad SMARTS) is 2. The second-order valence-electron chi connectivity index (χ2n) is 5.64. The van der Waals surface area contributed by atoms with Crippen molar-refractivity contribution in [2.45, 2.75) is 31.7 Å². The number of rotatable bonds is 7. The van der Waals surface area contributed by atoms with E-state index in [4.69, 9.17) is 10.2 Å². The maximum absolute atomic E-state index is 12.0. The zero-order valence-corrected chi connectivity index (χ0v) is 11.4. The Kier molecular flexibility index (Phi) is 4.44. The second kappa shape index (κ2) is 6.11. The van der Waals surface area contributed by atoms with Gasteiger partial charge in [0.15, 0.2) is 0 Å². The molecule has 3 N–H and O–H groups in total. The van der Waals surface area contributed by atoms with Crippen LogP contribution in [0.2, 0.25) is 0 Å². The van der Waals surface area contributed by atoms with E-state index >= 15 is 0 Å². The van der Waals surface area contributed by atoms with Gasteiger partial charge in [-0.3, -0.25) is 14.4 Å². The van der Waals surface area contributed by atoms with Crippen molar-refractivity contribution in [1.29, 1.82) is 0 Å². The molecule has 2 rings (SSSR count). The third kappa shape index (κ3) is 4.17. The highest BCUT2D eigenvalue weighted by molar-refractivity contribution is 5.92. The second-order valence-corrected chi connectivity index (χ2v) is 5.64. The molecule has 2 fully saturated rings. The third-order valence-corrected chi connectivity index (χ3v) is 3.75. The molecule has 1 heterocycles. The van der Waals surface area contributed by atoms with Crippen LogP contribution in [-0.4, -0.2) is 58.0 Å². The molecular formula is C13H18N2O6. The molecule has 1 aliphatic heterocycles. The zero-order valence-electron chi connectivity index (χ0n) is 11.4. The average molecular weight is 298 g/mol. The monoisotopic (exact) mass is 298 g/mol. The average Bonchev–Trinajstić information content (AvgIpc) is 3.11. The van der Waals surface area contributed by atoms with Gasteiger partial charge in [0.05, 0.1) is 12.3 Å². The first kappa shape index (κ1) is 15.3. The van der Waals surface area contributed by atoms with Crippen molar-refractivity contribution in [3.8, 4) is 0 Å². The summed E-state index contributed by atoms with van der Waals surface area (Å²) in [5, 5.41) is 19.7. The first-order valence-electron chi connectivity index (χ1n) is 6.89. The van der Waals surface area contributed by atoms with Crippen molar-refractivity contribution < 1.29 is 29.4 Å². The molecule has 1 saturated carbocycles. The summed E-state index contributed by atoms with van der Waals surface area (Å²) < 4.78 is 0. The smallest absolute Gasteiger partial charge is 0.326 e. The maximum atomic E-state index is 12.0. The lowest BCUT2D eigenvalue weighted by atomic mass is 10.1. The Morgan fingerprint density at radius 1 is 1.29 bits per heavy atom. The highest BCUT2D eigenvalue weighted by Gasteiger charge is 2.38. The quantitative estimate of drug-likeness (QED) is 0.570. The van der Waals surface area contributed by atoms with E-state index in [1.54, 1.807) is 4.90 Å². The number of hydrogen-bond acceptors (Lipinski definition) is 4. The SMILES string of the molecule is O=C(O)C[C@H](NC(=O)C1CC(=O)N(CC2CC2)C1)C(=O)O. The Labute approximate surface area is 121 Å². The molecule has 116 valence electrons. The summed E-state index contributed by atoms with van der Waals surface area (Å²) in [5.74, 6) is -3.46. The van der Waals surface area contributed by atoms with Crippen LogP contribution in [0, 0.1) is 11.8 Å². The summed E-state index contributed by atoms with van der Waals surface area (Å²) in [6, 6.07) is -1.47. The summed E-state index contributed by atoms with van der Waals surface area (Å²) in [7, 11) is 0. The first-order valence-corrected chi connectivity index (χ1v) is 6.89. The molecule has 2 atom stereocenters. The maximum Gasteiger partial charge on any atom is 0.326 e. The van der Waals surface area contributed by atoms with E-state index in [9.17, 15) is 19.2 Å². The number of hydrogen-bond donors (Lipinski definition) is 3. The minimum Gasteiger partial charge on any atom is -0.481 e. The van der Waals surface area contributed by atoms with Crippen LogP contribution in [0.1, 0.15) is 25.7 Å². The van der Waals surface area contributed by atoms with Gasteiger partial charge in [-0.2, -0.15) is 0 Å². The topological polar surface area (TPSA) is 124 Å². The van der Waals surface area contributed by atoms with Crippen LogP contribution >= 0.6 is 0 Å². The number of carbonyl (C=O) groups excluding carboxylic acids is 2. The molecule has 0 aromatic carbocycles. The summed E-state index contributed by atoms with van der Waals surface area (Å²) in [4.78, 5) is 46.9. The van der Waals surface area contributed by atoms with Gasteiger partial charge in [-0.25, -0.2) is 4.79 Å². The predicted molar refractivity (Wildman–Crippen MR) is 69.2 cm³/mol. The lowest BCUT2D eigenvalue weighted by Gasteiger charge is -2.17. The number of nitrogens with zero attached hydrogens (tertiary/aromatic N) is 1. The summed E-state index contributed by atoms with van der Waals surface area (Å²) >= 11 is 0. The summed E-state index contributed by atoms with van der Waals surface area (Å²) in [6.45, 7) is 0.931. The number of carboxylic acids is 2. The predicted octanol–water partition coefficient (Wildman–Crippen LogP) is -0.711. The van der Waals surface area contributed by atoms with Gasteiger partial charge in [-0.05, 0) is 18.8 Å². The lowest BCUT2D eigenvalue weighted by molar-refractivity contribution is -0.147. The normalized spacial score (nSPS) is 23.0. The highest BCUT2D eigenvalue weighted by atomic mass is 16.4. The van der Waals surface area contributed by atoms with Crippen molar-refractivity contribution in [3.63, 3.8) is 0 Å². The van der Waals surface area contributed by atoms with E-state index in [0.717, 1.165) is 12.8 Å². The minimum absolute atomic E-state index is 0.0535. The molecule has 0 spiro atoms. The lowest BCUT2D eigenvalue weighted by Crippen LogP contribution is -2.45. The van der Waals surface area contributed by atoms with Gasteiger partial charge >= 0.3 is 11.9 Å². The van der Waals surface area contributed by atoms with Crippen LogP contribution in [0.3, 0.4) is 0 Å². The Bertz CT molecular complexity index is 473. The molecule has 2 aliphatic rings. The summed E-state index contributed by atoms with van der Waals surface area (Å²) in [6.07, 6.45) is 1.56. The molecule has 8 nitrogen and oxygen atoms in total. The fourth-order valence-corrected chi connectivity index (χ4v) is 2.40. The van der Waals surface area contributed by atoms with Gasteiger partial charge in [0.2, 0.25) is 11.8 Å². The Hall–Kier alpha value is -2.12. The van der Waals surface area contributed by atoms with Crippen molar-refractivity contribution in [3.05, 3.63) is 0 Å². The van der Waals surface area contributed by atoms with E-state index in [0.29, 0.717) is 12.5 Å². The van der Waals surface area contributed by atoms with Crippen molar-refractivity contribution >= 4 is 23.8 Å². The Morgan fingerprint density at radius 2 is 1.95 bits per heavy atom. The van der Waals surface area contributed by atoms with Crippen LogP contribution in [0.15, 0.2) is 0 Å². The van der Waals surface area contributed by atoms with Crippen molar-refractivity contribution in [2.24, 2.45) is 11.8 Å². The Morgan fingerprint density at radius 3 is 2.48 bits per heavy atom. The number of aliphatic carboxylic acids is 2. The van der Waals surface area contributed by atoms with Crippen LogP contribution in [0.4, 0.5) is 0 Å². The van der Waals surface area contributed by atoms with E-state index in [1.165, 1.54) is 0 Å².